The van der Waals surface area contributed by atoms with Crippen molar-refractivity contribution < 1.29 is 9.18 Å². The standard InChI is InChI=1S/C19H17BrFN3O2/c1-12-17(9-10-18(25)22-15-4-2-3-13(20)11-15)19(26)24(23-12)16-7-5-14(21)6-8-16/h2-8,11,23H,9-10H2,1H3,(H,22,25). The highest BCUT2D eigenvalue weighted by Crippen LogP contribution is 2.16. The first-order chi connectivity index (χ1) is 12.4. The summed E-state index contributed by atoms with van der Waals surface area (Å²) in [5, 5.41) is 5.78. The topological polar surface area (TPSA) is 66.9 Å². The lowest BCUT2D eigenvalue weighted by Crippen LogP contribution is -2.19. The second-order valence-electron chi connectivity index (χ2n) is 5.89. The first-order valence-corrected chi connectivity index (χ1v) is 8.85. The lowest BCUT2D eigenvalue weighted by molar-refractivity contribution is -0.116. The summed E-state index contributed by atoms with van der Waals surface area (Å²) in [6, 6.07) is 12.9. The quantitative estimate of drug-likeness (QED) is 0.659. The van der Waals surface area contributed by atoms with Gasteiger partial charge >= 0.3 is 0 Å². The summed E-state index contributed by atoms with van der Waals surface area (Å²) in [4.78, 5) is 24.7. The molecule has 0 atom stereocenters. The molecule has 3 aromatic rings. The van der Waals surface area contributed by atoms with Crippen molar-refractivity contribution in [3.63, 3.8) is 0 Å². The summed E-state index contributed by atoms with van der Waals surface area (Å²) in [5.41, 5.74) is 2.24. The zero-order chi connectivity index (χ0) is 18.7. The molecule has 26 heavy (non-hydrogen) atoms. The molecule has 0 bridgehead atoms. The summed E-state index contributed by atoms with van der Waals surface area (Å²) < 4.78 is 15.3. The minimum Gasteiger partial charge on any atom is -0.326 e. The number of halogens is 2. The molecule has 134 valence electrons. The van der Waals surface area contributed by atoms with Crippen molar-refractivity contribution >= 4 is 27.5 Å². The third-order valence-corrected chi connectivity index (χ3v) is 4.48. The van der Waals surface area contributed by atoms with E-state index < -0.39 is 0 Å². The minimum atomic E-state index is -0.366. The van der Waals surface area contributed by atoms with Crippen molar-refractivity contribution in [3.8, 4) is 5.69 Å². The molecule has 0 radical (unpaired) electrons. The second-order valence-corrected chi connectivity index (χ2v) is 6.81. The van der Waals surface area contributed by atoms with E-state index in [2.05, 4.69) is 26.3 Å². The Labute approximate surface area is 158 Å². The molecule has 0 saturated heterocycles. The Morgan fingerprint density at radius 2 is 1.96 bits per heavy atom. The van der Waals surface area contributed by atoms with Gasteiger partial charge in [-0.25, -0.2) is 9.07 Å². The Balaban J connectivity index is 1.71. The van der Waals surface area contributed by atoms with E-state index in [1.54, 1.807) is 19.1 Å². The number of anilines is 1. The van der Waals surface area contributed by atoms with Gasteiger partial charge in [0, 0.05) is 27.8 Å². The molecular formula is C19H17BrFN3O2. The number of hydrogen-bond donors (Lipinski definition) is 2. The molecule has 0 unspecified atom stereocenters. The van der Waals surface area contributed by atoms with E-state index in [1.165, 1.54) is 28.9 Å². The molecule has 3 rings (SSSR count). The minimum absolute atomic E-state index is 0.170. The van der Waals surface area contributed by atoms with Gasteiger partial charge in [0.2, 0.25) is 5.91 Å². The largest absolute Gasteiger partial charge is 0.326 e. The van der Waals surface area contributed by atoms with Gasteiger partial charge in [0.05, 0.1) is 5.69 Å². The monoisotopic (exact) mass is 417 g/mol. The fourth-order valence-corrected chi connectivity index (χ4v) is 3.08. The molecule has 2 aromatic carbocycles. The zero-order valence-electron chi connectivity index (χ0n) is 14.1. The van der Waals surface area contributed by atoms with E-state index in [0.29, 0.717) is 29.1 Å². The van der Waals surface area contributed by atoms with E-state index in [4.69, 9.17) is 0 Å². The van der Waals surface area contributed by atoms with Gasteiger partial charge in [0.25, 0.3) is 5.56 Å². The summed E-state index contributed by atoms with van der Waals surface area (Å²) in [6.45, 7) is 1.78. The summed E-state index contributed by atoms with van der Waals surface area (Å²) >= 11 is 3.35. The maximum absolute atomic E-state index is 13.1. The van der Waals surface area contributed by atoms with Crippen molar-refractivity contribution in [2.75, 3.05) is 5.32 Å². The lowest BCUT2D eigenvalue weighted by Gasteiger charge is -2.05. The van der Waals surface area contributed by atoms with Crippen LogP contribution in [0.4, 0.5) is 10.1 Å². The Kier molecular flexibility index (Phi) is 5.37. The number of nitrogens with zero attached hydrogens (tertiary/aromatic N) is 1. The van der Waals surface area contributed by atoms with Crippen LogP contribution in [0.25, 0.3) is 5.69 Å². The summed E-state index contributed by atoms with van der Waals surface area (Å²) in [5.74, 6) is -0.536. The Morgan fingerprint density at radius 3 is 2.65 bits per heavy atom. The molecule has 0 aliphatic heterocycles. The smallest absolute Gasteiger partial charge is 0.274 e. The SMILES string of the molecule is Cc1[nH]n(-c2ccc(F)cc2)c(=O)c1CCC(=O)Nc1cccc(Br)c1. The van der Waals surface area contributed by atoms with E-state index in [-0.39, 0.29) is 23.7 Å². The van der Waals surface area contributed by atoms with Crippen LogP contribution in [0.2, 0.25) is 0 Å². The van der Waals surface area contributed by atoms with Gasteiger partial charge in [-0.2, -0.15) is 0 Å². The second kappa shape index (κ2) is 7.70. The van der Waals surface area contributed by atoms with Crippen LogP contribution in [0, 0.1) is 12.7 Å². The molecular weight excluding hydrogens is 401 g/mol. The molecule has 1 amide bonds. The fraction of sp³-hybridized carbons (Fsp3) is 0.158. The van der Waals surface area contributed by atoms with Crippen molar-refractivity contribution in [2.45, 2.75) is 19.8 Å². The number of rotatable bonds is 5. The highest BCUT2D eigenvalue weighted by molar-refractivity contribution is 9.10. The van der Waals surface area contributed by atoms with Crippen LogP contribution in [0.1, 0.15) is 17.7 Å². The van der Waals surface area contributed by atoms with E-state index in [9.17, 15) is 14.0 Å². The van der Waals surface area contributed by atoms with Crippen molar-refractivity contribution in [1.29, 1.82) is 0 Å². The van der Waals surface area contributed by atoms with Crippen molar-refractivity contribution in [3.05, 3.63) is 80.4 Å². The molecule has 0 aliphatic carbocycles. The maximum atomic E-state index is 13.1. The lowest BCUT2D eigenvalue weighted by atomic mass is 10.1. The number of carbonyl (C=O) groups excluding carboxylic acids is 1. The number of nitrogens with one attached hydrogen (secondary N) is 2. The number of aromatic nitrogens is 2. The number of H-pyrrole nitrogens is 1. The van der Waals surface area contributed by atoms with Crippen LogP contribution in [0.5, 0.6) is 0 Å². The highest BCUT2D eigenvalue weighted by atomic mass is 79.9. The van der Waals surface area contributed by atoms with Gasteiger partial charge in [-0.3, -0.25) is 14.7 Å². The average Bonchev–Trinajstić information content (AvgIpc) is 2.88. The molecule has 5 nitrogen and oxygen atoms in total. The first-order valence-electron chi connectivity index (χ1n) is 8.06. The Morgan fingerprint density at radius 1 is 1.23 bits per heavy atom. The molecule has 0 spiro atoms. The Bertz CT molecular complexity index is 993. The van der Waals surface area contributed by atoms with E-state index in [0.717, 1.165) is 4.47 Å². The van der Waals surface area contributed by atoms with Gasteiger partial charge < -0.3 is 5.32 Å². The van der Waals surface area contributed by atoms with Gasteiger partial charge in [0.1, 0.15) is 5.82 Å². The predicted octanol–water partition coefficient (Wildman–Crippen LogP) is 3.95. The highest BCUT2D eigenvalue weighted by Gasteiger charge is 2.14. The Hall–Kier alpha value is -2.67. The molecule has 1 heterocycles. The normalized spacial score (nSPS) is 10.7. The van der Waals surface area contributed by atoms with Crippen molar-refractivity contribution in [1.82, 2.24) is 9.78 Å². The average molecular weight is 418 g/mol. The number of benzene rings is 2. The molecule has 0 aliphatic rings. The van der Waals surface area contributed by atoms with Crippen LogP contribution in [0.15, 0.2) is 57.8 Å². The van der Waals surface area contributed by atoms with E-state index in [1.807, 2.05) is 12.1 Å². The third-order valence-electron chi connectivity index (χ3n) is 3.99. The molecule has 2 N–H and O–H groups in total. The van der Waals surface area contributed by atoms with Crippen molar-refractivity contribution in [2.24, 2.45) is 0 Å². The van der Waals surface area contributed by atoms with Gasteiger partial charge in [-0.05, 0) is 55.8 Å². The van der Waals surface area contributed by atoms with Gasteiger partial charge in [-0.1, -0.05) is 22.0 Å². The number of hydrogen-bond acceptors (Lipinski definition) is 2. The van der Waals surface area contributed by atoms with Crippen LogP contribution in [0.3, 0.4) is 0 Å². The number of aromatic amines is 1. The van der Waals surface area contributed by atoms with E-state index >= 15 is 0 Å². The van der Waals surface area contributed by atoms with Crippen LogP contribution in [-0.2, 0) is 11.2 Å². The van der Waals surface area contributed by atoms with Gasteiger partial charge in [0.15, 0.2) is 0 Å². The number of carbonyl (C=O) groups is 1. The molecule has 0 fully saturated rings. The molecule has 1 aromatic heterocycles. The molecule has 0 saturated carbocycles. The third kappa shape index (κ3) is 4.11. The molecule has 7 heteroatoms. The maximum Gasteiger partial charge on any atom is 0.274 e. The van der Waals surface area contributed by atoms with Crippen LogP contribution >= 0.6 is 15.9 Å². The van der Waals surface area contributed by atoms with Crippen LogP contribution < -0.4 is 10.9 Å². The van der Waals surface area contributed by atoms with Gasteiger partial charge in [-0.15, -0.1) is 0 Å². The summed E-state index contributed by atoms with van der Waals surface area (Å²) in [7, 11) is 0. The summed E-state index contributed by atoms with van der Waals surface area (Å²) in [6.07, 6.45) is 0.499. The number of amides is 1. The first kappa shape index (κ1) is 18.1. The predicted molar refractivity (Wildman–Crippen MR) is 102 cm³/mol. The van der Waals surface area contributed by atoms with Crippen LogP contribution in [-0.4, -0.2) is 15.7 Å². The number of aryl methyl sites for hydroxylation is 1. The fourth-order valence-electron chi connectivity index (χ4n) is 2.68. The zero-order valence-corrected chi connectivity index (χ0v) is 15.6.